The van der Waals surface area contributed by atoms with Crippen LogP contribution in [0.1, 0.15) is 49.3 Å². The SMILES string of the molecule is Cc1ccccc1[C@H](C(=O)NC1CCCCC1)N(C(=O)CNS(=O)(=O)N1CC1)c1cncc(F)c1. The molecule has 1 aliphatic carbocycles. The highest BCUT2D eigenvalue weighted by Crippen LogP contribution is 2.31. The molecule has 35 heavy (non-hydrogen) atoms. The molecule has 0 unspecified atom stereocenters. The number of benzene rings is 1. The maximum absolute atomic E-state index is 14.2. The van der Waals surface area contributed by atoms with Crippen LogP contribution >= 0.6 is 0 Å². The van der Waals surface area contributed by atoms with E-state index >= 15 is 0 Å². The summed E-state index contributed by atoms with van der Waals surface area (Å²) in [6.07, 6.45) is 7.11. The molecule has 2 aromatic rings. The molecule has 0 spiro atoms. The predicted molar refractivity (Wildman–Crippen MR) is 129 cm³/mol. The molecule has 2 amide bonds. The Labute approximate surface area is 204 Å². The summed E-state index contributed by atoms with van der Waals surface area (Å²) in [5.41, 5.74) is 1.39. The van der Waals surface area contributed by atoms with Gasteiger partial charge in [0.2, 0.25) is 11.8 Å². The lowest BCUT2D eigenvalue weighted by atomic mass is 9.94. The van der Waals surface area contributed by atoms with Crippen molar-refractivity contribution in [1.29, 1.82) is 0 Å². The average molecular weight is 504 g/mol. The fourth-order valence-electron chi connectivity index (χ4n) is 4.40. The Balaban J connectivity index is 1.71. The molecule has 1 aliphatic heterocycles. The van der Waals surface area contributed by atoms with E-state index in [9.17, 15) is 22.4 Å². The Bertz CT molecular complexity index is 1180. The first-order valence-corrected chi connectivity index (χ1v) is 13.2. The number of nitrogens with one attached hydrogen (secondary N) is 2. The van der Waals surface area contributed by atoms with Gasteiger partial charge < -0.3 is 5.32 Å². The second-order valence-electron chi connectivity index (χ2n) is 8.95. The molecule has 2 aliphatic rings. The van der Waals surface area contributed by atoms with Crippen molar-refractivity contribution >= 4 is 27.7 Å². The third-order valence-electron chi connectivity index (χ3n) is 6.33. The van der Waals surface area contributed by atoms with Gasteiger partial charge in [-0.3, -0.25) is 19.5 Å². The highest BCUT2D eigenvalue weighted by molar-refractivity contribution is 7.87. The first-order chi connectivity index (χ1) is 16.8. The highest BCUT2D eigenvalue weighted by Gasteiger charge is 2.37. The maximum Gasteiger partial charge on any atom is 0.280 e. The maximum atomic E-state index is 14.2. The molecule has 1 saturated carbocycles. The van der Waals surface area contributed by atoms with Gasteiger partial charge in [0.05, 0.1) is 24.6 Å². The Morgan fingerprint density at radius 2 is 1.89 bits per heavy atom. The zero-order chi connectivity index (χ0) is 25.0. The van der Waals surface area contributed by atoms with Crippen LogP contribution in [0.5, 0.6) is 0 Å². The topological polar surface area (TPSA) is 111 Å². The van der Waals surface area contributed by atoms with Crippen LogP contribution in [0, 0.1) is 12.7 Å². The van der Waals surface area contributed by atoms with Crippen LogP contribution in [0.2, 0.25) is 0 Å². The summed E-state index contributed by atoms with van der Waals surface area (Å²) >= 11 is 0. The van der Waals surface area contributed by atoms with Gasteiger partial charge in [-0.25, -0.2) is 4.39 Å². The molecule has 2 fully saturated rings. The summed E-state index contributed by atoms with van der Waals surface area (Å²) < 4.78 is 42.2. The number of carbonyl (C=O) groups is 2. The van der Waals surface area contributed by atoms with E-state index in [2.05, 4.69) is 15.0 Å². The van der Waals surface area contributed by atoms with E-state index < -0.39 is 40.4 Å². The summed E-state index contributed by atoms with van der Waals surface area (Å²) in [5.74, 6) is -1.78. The molecule has 1 atom stereocenters. The third-order valence-corrected chi connectivity index (χ3v) is 7.88. The smallest absolute Gasteiger partial charge is 0.280 e. The van der Waals surface area contributed by atoms with Gasteiger partial charge >= 0.3 is 0 Å². The molecule has 4 rings (SSSR count). The van der Waals surface area contributed by atoms with Crippen molar-refractivity contribution in [3.05, 3.63) is 59.7 Å². The average Bonchev–Trinajstić information content (AvgIpc) is 3.69. The molecule has 1 saturated heterocycles. The quantitative estimate of drug-likeness (QED) is 0.510. The van der Waals surface area contributed by atoms with Gasteiger partial charge in [-0.1, -0.05) is 43.5 Å². The lowest BCUT2D eigenvalue weighted by Gasteiger charge is -2.34. The summed E-state index contributed by atoms with van der Waals surface area (Å²) in [6, 6.07) is 7.11. The van der Waals surface area contributed by atoms with Crippen molar-refractivity contribution < 1.29 is 22.4 Å². The fraction of sp³-hybridized carbons (Fsp3) is 0.458. The molecular formula is C24H30FN5O4S. The Morgan fingerprint density at radius 1 is 1.17 bits per heavy atom. The van der Waals surface area contributed by atoms with E-state index in [1.165, 1.54) is 10.5 Å². The van der Waals surface area contributed by atoms with E-state index in [4.69, 9.17) is 0 Å². The molecule has 188 valence electrons. The molecule has 11 heteroatoms. The van der Waals surface area contributed by atoms with E-state index in [0.717, 1.165) is 54.8 Å². The third kappa shape index (κ3) is 6.22. The van der Waals surface area contributed by atoms with E-state index in [1.54, 1.807) is 12.1 Å². The van der Waals surface area contributed by atoms with Crippen LogP contribution in [0.3, 0.4) is 0 Å². The van der Waals surface area contributed by atoms with Gasteiger partial charge in [-0.05, 0) is 30.9 Å². The largest absolute Gasteiger partial charge is 0.351 e. The normalized spacial score (nSPS) is 17.5. The Hall–Kier alpha value is -2.89. The van der Waals surface area contributed by atoms with E-state index in [1.807, 2.05) is 19.1 Å². The van der Waals surface area contributed by atoms with Crippen molar-refractivity contribution in [3.8, 4) is 0 Å². The summed E-state index contributed by atoms with van der Waals surface area (Å²) in [7, 11) is -3.80. The number of aryl methyl sites for hydroxylation is 1. The van der Waals surface area contributed by atoms with Crippen molar-refractivity contribution in [1.82, 2.24) is 19.3 Å². The van der Waals surface area contributed by atoms with Crippen LogP contribution < -0.4 is 14.9 Å². The van der Waals surface area contributed by atoms with E-state index in [0.29, 0.717) is 18.7 Å². The number of halogens is 1. The summed E-state index contributed by atoms with van der Waals surface area (Å²) in [5, 5.41) is 3.07. The van der Waals surface area contributed by atoms with Gasteiger partial charge in [-0.15, -0.1) is 0 Å². The minimum absolute atomic E-state index is 0.0217. The van der Waals surface area contributed by atoms with Crippen LogP contribution in [0.15, 0.2) is 42.7 Å². The number of hydrogen-bond donors (Lipinski definition) is 2. The number of rotatable bonds is 9. The van der Waals surface area contributed by atoms with Gasteiger partial charge in [0.1, 0.15) is 11.9 Å². The molecule has 1 aromatic carbocycles. The van der Waals surface area contributed by atoms with Crippen molar-refractivity contribution in [2.45, 2.75) is 51.1 Å². The summed E-state index contributed by atoms with van der Waals surface area (Å²) in [4.78, 5) is 32.2. The molecule has 2 N–H and O–H groups in total. The first-order valence-electron chi connectivity index (χ1n) is 11.8. The van der Waals surface area contributed by atoms with Crippen LogP contribution in [-0.4, -0.2) is 55.2 Å². The lowest BCUT2D eigenvalue weighted by molar-refractivity contribution is -0.127. The molecule has 0 radical (unpaired) electrons. The van der Waals surface area contributed by atoms with Gasteiger partial charge in [0, 0.05) is 25.2 Å². The number of nitrogens with zero attached hydrogens (tertiary/aromatic N) is 3. The lowest BCUT2D eigenvalue weighted by Crippen LogP contribution is -2.50. The molecular weight excluding hydrogens is 473 g/mol. The predicted octanol–water partition coefficient (Wildman–Crippen LogP) is 2.20. The molecule has 0 bridgehead atoms. The van der Waals surface area contributed by atoms with Gasteiger partial charge in [0.15, 0.2) is 0 Å². The van der Waals surface area contributed by atoms with Gasteiger partial charge in [-0.2, -0.15) is 17.4 Å². The van der Waals surface area contributed by atoms with Crippen molar-refractivity contribution in [3.63, 3.8) is 0 Å². The van der Waals surface area contributed by atoms with Crippen molar-refractivity contribution in [2.75, 3.05) is 24.5 Å². The summed E-state index contributed by atoms with van der Waals surface area (Å²) in [6.45, 7) is 2.01. The van der Waals surface area contributed by atoms with Crippen LogP contribution in [0.25, 0.3) is 0 Å². The van der Waals surface area contributed by atoms with Crippen LogP contribution in [-0.2, 0) is 19.8 Å². The van der Waals surface area contributed by atoms with Gasteiger partial charge in [0.25, 0.3) is 10.2 Å². The van der Waals surface area contributed by atoms with Crippen LogP contribution in [0.4, 0.5) is 10.1 Å². The molecule has 2 heterocycles. The molecule has 9 nitrogen and oxygen atoms in total. The number of hydrogen-bond acceptors (Lipinski definition) is 5. The number of carbonyl (C=O) groups excluding carboxylic acids is 2. The molecule has 1 aromatic heterocycles. The zero-order valence-corrected chi connectivity index (χ0v) is 20.4. The standard InChI is InChI=1S/C24H30FN5O4S/c1-17-7-5-6-10-21(17)23(24(32)28-19-8-3-2-4-9-19)30(20-13-18(25)14-26-15-20)22(31)16-27-35(33,34)29-11-12-29/h5-7,10,13-15,19,23,27H,2-4,8-9,11-12,16H2,1H3,(H,28,32)/t23-/m1/s1. The first kappa shape index (κ1) is 25.2. The zero-order valence-electron chi connectivity index (χ0n) is 19.6. The fourth-order valence-corrected chi connectivity index (χ4v) is 5.45. The number of amides is 2. The monoisotopic (exact) mass is 503 g/mol. The number of pyridine rings is 1. The number of anilines is 1. The Kier molecular flexibility index (Phi) is 7.78. The number of aromatic nitrogens is 1. The second kappa shape index (κ2) is 10.8. The Morgan fingerprint density at radius 3 is 2.54 bits per heavy atom. The highest BCUT2D eigenvalue weighted by atomic mass is 32.2. The minimum Gasteiger partial charge on any atom is -0.351 e. The minimum atomic E-state index is -3.80. The second-order valence-corrected chi connectivity index (χ2v) is 10.7. The van der Waals surface area contributed by atoms with Crippen molar-refractivity contribution in [2.24, 2.45) is 0 Å². The van der Waals surface area contributed by atoms with E-state index in [-0.39, 0.29) is 11.7 Å².